The van der Waals surface area contributed by atoms with Gasteiger partial charge in [0.2, 0.25) is 0 Å². The van der Waals surface area contributed by atoms with Crippen molar-refractivity contribution in [3.63, 3.8) is 0 Å². The van der Waals surface area contributed by atoms with Crippen molar-refractivity contribution in [1.82, 2.24) is 4.98 Å². The number of hydrogen-bond acceptors (Lipinski definition) is 4. The number of fused-ring (bicyclic) bond motifs is 1. The molecular formula is C12H15NO2S. The molecule has 1 N–H and O–H groups in total. The summed E-state index contributed by atoms with van der Waals surface area (Å²) in [4.78, 5) is 4.48. The smallest absolute Gasteiger partial charge is 0.121 e. The number of rotatable bonds is 4. The lowest BCUT2D eigenvalue weighted by Crippen LogP contribution is -2.12. The fourth-order valence-corrected chi connectivity index (χ4v) is 2.35. The van der Waals surface area contributed by atoms with Crippen molar-refractivity contribution in [2.75, 3.05) is 6.61 Å². The molecule has 0 amide bonds. The standard InChI is InChI=1S/C12H15NO2S/c1-3-12-13-10-5-4-9(6-11(10)16-12)15-7-8(2)14/h4-6,8,14H,3,7H2,1-2H3. The van der Waals surface area contributed by atoms with Crippen molar-refractivity contribution in [3.8, 4) is 5.75 Å². The molecule has 3 nitrogen and oxygen atoms in total. The Hall–Kier alpha value is -1.13. The van der Waals surface area contributed by atoms with E-state index >= 15 is 0 Å². The second-order valence-corrected chi connectivity index (χ2v) is 4.87. The highest BCUT2D eigenvalue weighted by atomic mass is 32.1. The molecule has 0 saturated heterocycles. The first-order valence-electron chi connectivity index (χ1n) is 5.39. The van der Waals surface area contributed by atoms with E-state index in [1.165, 1.54) is 0 Å². The zero-order valence-electron chi connectivity index (χ0n) is 9.43. The molecule has 0 aliphatic carbocycles. The van der Waals surface area contributed by atoms with Crippen molar-refractivity contribution >= 4 is 21.6 Å². The number of benzene rings is 1. The van der Waals surface area contributed by atoms with E-state index in [0.717, 1.165) is 27.4 Å². The summed E-state index contributed by atoms with van der Waals surface area (Å²) in [5, 5.41) is 10.3. The fraction of sp³-hybridized carbons (Fsp3) is 0.417. The lowest BCUT2D eigenvalue weighted by molar-refractivity contribution is 0.123. The summed E-state index contributed by atoms with van der Waals surface area (Å²) in [5.41, 5.74) is 1.02. The third kappa shape index (κ3) is 2.51. The van der Waals surface area contributed by atoms with E-state index in [4.69, 9.17) is 9.84 Å². The van der Waals surface area contributed by atoms with Gasteiger partial charge in [-0.3, -0.25) is 0 Å². The molecule has 4 heteroatoms. The number of ether oxygens (including phenoxy) is 1. The van der Waals surface area contributed by atoms with Gasteiger partial charge in [-0.25, -0.2) is 4.98 Å². The predicted molar refractivity (Wildman–Crippen MR) is 66.2 cm³/mol. The number of nitrogens with zero attached hydrogens (tertiary/aromatic N) is 1. The molecular weight excluding hydrogens is 222 g/mol. The Labute approximate surface area is 98.7 Å². The number of hydrogen-bond donors (Lipinski definition) is 1. The third-order valence-electron chi connectivity index (χ3n) is 2.20. The maximum Gasteiger partial charge on any atom is 0.121 e. The van der Waals surface area contributed by atoms with Gasteiger partial charge in [-0.1, -0.05) is 6.92 Å². The van der Waals surface area contributed by atoms with Gasteiger partial charge in [0, 0.05) is 0 Å². The Kier molecular flexibility index (Phi) is 3.41. The summed E-state index contributed by atoms with van der Waals surface area (Å²) in [6, 6.07) is 5.83. The van der Waals surface area contributed by atoms with E-state index in [9.17, 15) is 0 Å². The Morgan fingerprint density at radius 1 is 1.50 bits per heavy atom. The number of aliphatic hydroxyl groups is 1. The van der Waals surface area contributed by atoms with Crippen LogP contribution in [0.4, 0.5) is 0 Å². The molecule has 1 heterocycles. The quantitative estimate of drug-likeness (QED) is 0.888. The first-order chi connectivity index (χ1) is 7.69. The Morgan fingerprint density at radius 3 is 3.00 bits per heavy atom. The van der Waals surface area contributed by atoms with Crippen LogP contribution in [0, 0.1) is 0 Å². The highest BCUT2D eigenvalue weighted by Crippen LogP contribution is 2.26. The van der Waals surface area contributed by atoms with E-state index in [1.54, 1.807) is 18.3 Å². The summed E-state index contributed by atoms with van der Waals surface area (Å²) in [7, 11) is 0. The maximum atomic E-state index is 9.13. The molecule has 0 bridgehead atoms. The average Bonchev–Trinajstić information content (AvgIpc) is 2.68. The topological polar surface area (TPSA) is 42.4 Å². The summed E-state index contributed by atoms with van der Waals surface area (Å²) < 4.78 is 6.59. The molecule has 2 aromatic rings. The molecule has 2 rings (SSSR count). The van der Waals surface area contributed by atoms with Crippen LogP contribution in [0.3, 0.4) is 0 Å². The van der Waals surface area contributed by atoms with Crippen LogP contribution in [-0.2, 0) is 6.42 Å². The summed E-state index contributed by atoms with van der Waals surface area (Å²) in [6.07, 6.45) is 0.520. The summed E-state index contributed by atoms with van der Waals surface area (Å²) in [5.74, 6) is 0.791. The number of aryl methyl sites for hydroxylation is 1. The zero-order valence-corrected chi connectivity index (χ0v) is 10.3. The van der Waals surface area contributed by atoms with Gasteiger partial charge in [0.05, 0.1) is 21.3 Å². The zero-order chi connectivity index (χ0) is 11.5. The fourth-order valence-electron chi connectivity index (χ4n) is 1.41. The van der Waals surface area contributed by atoms with Gasteiger partial charge in [0.25, 0.3) is 0 Å². The van der Waals surface area contributed by atoms with Gasteiger partial charge in [-0.15, -0.1) is 11.3 Å². The minimum atomic E-state index is -0.441. The molecule has 0 fully saturated rings. The molecule has 1 aromatic heterocycles. The van der Waals surface area contributed by atoms with Crippen LogP contribution in [0.2, 0.25) is 0 Å². The van der Waals surface area contributed by atoms with E-state index in [1.807, 2.05) is 18.2 Å². The normalized spacial score (nSPS) is 12.9. The Morgan fingerprint density at radius 2 is 2.31 bits per heavy atom. The monoisotopic (exact) mass is 237 g/mol. The third-order valence-corrected chi connectivity index (χ3v) is 3.36. The van der Waals surface area contributed by atoms with Crippen LogP contribution in [0.15, 0.2) is 18.2 Å². The van der Waals surface area contributed by atoms with E-state index in [0.29, 0.717) is 6.61 Å². The minimum Gasteiger partial charge on any atom is -0.491 e. The lowest BCUT2D eigenvalue weighted by Gasteiger charge is -2.07. The highest BCUT2D eigenvalue weighted by molar-refractivity contribution is 7.18. The number of thiazole rings is 1. The maximum absolute atomic E-state index is 9.13. The lowest BCUT2D eigenvalue weighted by atomic mass is 10.3. The molecule has 0 saturated carbocycles. The van der Waals surface area contributed by atoms with Gasteiger partial charge < -0.3 is 9.84 Å². The van der Waals surface area contributed by atoms with E-state index in [-0.39, 0.29) is 0 Å². The number of aliphatic hydroxyl groups excluding tert-OH is 1. The van der Waals surface area contributed by atoms with Crippen molar-refractivity contribution in [2.45, 2.75) is 26.4 Å². The van der Waals surface area contributed by atoms with Gasteiger partial charge >= 0.3 is 0 Å². The number of aromatic nitrogens is 1. The minimum absolute atomic E-state index is 0.324. The van der Waals surface area contributed by atoms with Crippen LogP contribution in [-0.4, -0.2) is 22.8 Å². The summed E-state index contributed by atoms with van der Waals surface area (Å²) in [6.45, 7) is 4.13. The van der Waals surface area contributed by atoms with Crippen LogP contribution in [0.5, 0.6) is 5.75 Å². The molecule has 1 aromatic carbocycles. The van der Waals surface area contributed by atoms with Crippen molar-refractivity contribution in [1.29, 1.82) is 0 Å². The SMILES string of the molecule is CCc1nc2ccc(OCC(C)O)cc2s1. The molecule has 0 aliphatic heterocycles. The highest BCUT2D eigenvalue weighted by Gasteiger charge is 2.04. The van der Waals surface area contributed by atoms with Crippen molar-refractivity contribution < 1.29 is 9.84 Å². The first kappa shape index (κ1) is 11.4. The predicted octanol–water partition coefficient (Wildman–Crippen LogP) is 2.62. The largest absolute Gasteiger partial charge is 0.491 e. The van der Waals surface area contributed by atoms with E-state index in [2.05, 4.69) is 11.9 Å². The second-order valence-electron chi connectivity index (χ2n) is 3.75. The van der Waals surface area contributed by atoms with Gasteiger partial charge in [0.15, 0.2) is 0 Å². The molecule has 0 aliphatic rings. The average molecular weight is 237 g/mol. The van der Waals surface area contributed by atoms with Crippen molar-refractivity contribution in [3.05, 3.63) is 23.2 Å². The van der Waals surface area contributed by atoms with Gasteiger partial charge in [-0.2, -0.15) is 0 Å². The van der Waals surface area contributed by atoms with Crippen LogP contribution in [0.1, 0.15) is 18.9 Å². The molecule has 1 unspecified atom stereocenters. The van der Waals surface area contributed by atoms with Crippen LogP contribution < -0.4 is 4.74 Å². The molecule has 16 heavy (non-hydrogen) atoms. The van der Waals surface area contributed by atoms with Crippen molar-refractivity contribution in [2.24, 2.45) is 0 Å². The van der Waals surface area contributed by atoms with Gasteiger partial charge in [-0.05, 0) is 31.5 Å². The molecule has 0 radical (unpaired) electrons. The molecule has 1 atom stereocenters. The summed E-state index contributed by atoms with van der Waals surface area (Å²) >= 11 is 1.69. The Bertz CT molecular complexity index is 479. The molecule has 0 spiro atoms. The molecule has 86 valence electrons. The van der Waals surface area contributed by atoms with Crippen LogP contribution in [0.25, 0.3) is 10.2 Å². The first-order valence-corrected chi connectivity index (χ1v) is 6.21. The van der Waals surface area contributed by atoms with Crippen LogP contribution >= 0.6 is 11.3 Å². The Balaban J connectivity index is 2.22. The van der Waals surface area contributed by atoms with Gasteiger partial charge in [0.1, 0.15) is 12.4 Å². The second kappa shape index (κ2) is 4.80. The van der Waals surface area contributed by atoms with E-state index < -0.39 is 6.10 Å².